The van der Waals surface area contributed by atoms with Crippen molar-refractivity contribution in [3.8, 4) is 0 Å². The molecule has 0 atom stereocenters. The smallest absolute Gasteiger partial charge is 0.246 e. The van der Waals surface area contributed by atoms with Crippen LogP contribution < -0.4 is 16.1 Å². The van der Waals surface area contributed by atoms with Crippen molar-refractivity contribution in [2.45, 2.75) is 6.42 Å². The lowest BCUT2D eigenvalue weighted by atomic mass is 10.1. The quantitative estimate of drug-likeness (QED) is 0.710. The summed E-state index contributed by atoms with van der Waals surface area (Å²) in [4.78, 5) is 29.2. The van der Waals surface area contributed by atoms with Crippen LogP contribution in [0.2, 0.25) is 0 Å². The standard InChI is InChI=1S/C12H15N3O3/c13-18-6-5-9-3-1-2-4-10(9)15-8-11(16)14-7-12(15)17/h1-4H,5-8,13H2,(H,14,16). The van der Waals surface area contributed by atoms with E-state index < -0.39 is 0 Å². The highest BCUT2D eigenvalue weighted by molar-refractivity contribution is 6.04. The largest absolute Gasteiger partial charge is 0.345 e. The van der Waals surface area contributed by atoms with E-state index >= 15 is 0 Å². The van der Waals surface area contributed by atoms with Gasteiger partial charge in [-0.25, -0.2) is 5.90 Å². The zero-order chi connectivity index (χ0) is 13.0. The van der Waals surface area contributed by atoms with Crippen LogP contribution in [0.1, 0.15) is 5.56 Å². The van der Waals surface area contributed by atoms with Crippen LogP contribution in [0.4, 0.5) is 5.69 Å². The summed E-state index contributed by atoms with van der Waals surface area (Å²) >= 11 is 0. The first kappa shape index (κ1) is 12.5. The monoisotopic (exact) mass is 249 g/mol. The molecule has 1 fully saturated rings. The maximum absolute atomic E-state index is 11.8. The van der Waals surface area contributed by atoms with E-state index in [1.165, 1.54) is 4.90 Å². The molecule has 1 aliphatic rings. The molecule has 96 valence electrons. The van der Waals surface area contributed by atoms with Gasteiger partial charge >= 0.3 is 0 Å². The molecule has 0 bridgehead atoms. The van der Waals surface area contributed by atoms with Crippen LogP contribution in [0, 0.1) is 0 Å². The SMILES string of the molecule is NOCCc1ccccc1N1CC(=O)NCC1=O. The molecule has 3 N–H and O–H groups in total. The van der Waals surface area contributed by atoms with Gasteiger partial charge in [-0.3, -0.25) is 9.59 Å². The zero-order valence-corrected chi connectivity index (χ0v) is 9.89. The van der Waals surface area contributed by atoms with Crippen molar-refractivity contribution < 1.29 is 14.4 Å². The van der Waals surface area contributed by atoms with Crippen molar-refractivity contribution >= 4 is 17.5 Å². The molecule has 0 saturated carbocycles. The number of para-hydroxylation sites is 1. The third-order valence-corrected chi connectivity index (χ3v) is 2.81. The Balaban J connectivity index is 2.25. The molecule has 6 nitrogen and oxygen atoms in total. The molecule has 0 radical (unpaired) electrons. The normalized spacial score (nSPS) is 15.7. The van der Waals surface area contributed by atoms with E-state index in [1.807, 2.05) is 24.3 Å². The number of hydrogen-bond acceptors (Lipinski definition) is 4. The fourth-order valence-electron chi connectivity index (χ4n) is 1.93. The predicted octanol–water partition coefficient (Wildman–Crippen LogP) is -0.418. The number of hydrogen-bond donors (Lipinski definition) is 2. The molecule has 0 aromatic heterocycles. The van der Waals surface area contributed by atoms with Gasteiger partial charge in [-0.2, -0.15) is 0 Å². The number of benzene rings is 1. The Morgan fingerprint density at radius 1 is 1.33 bits per heavy atom. The lowest BCUT2D eigenvalue weighted by Gasteiger charge is -2.28. The molecular formula is C12H15N3O3. The van der Waals surface area contributed by atoms with Gasteiger partial charge in [0.05, 0.1) is 13.2 Å². The second-order valence-electron chi connectivity index (χ2n) is 4.01. The first-order chi connectivity index (χ1) is 8.72. The molecule has 1 aliphatic heterocycles. The summed E-state index contributed by atoms with van der Waals surface area (Å²) in [5.74, 6) is 4.74. The van der Waals surface area contributed by atoms with Gasteiger partial charge in [0.1, 0.15) is 6.54 Å². The maximum Gasteiger partial charge on any atom is 0.246 e. The van der Waals surface area contributed by atoms with Gasteiger partial charge in [-0.15, -0.1) is 0 Å². The third-order valence-electron chi connectivity index (χ3n) is 2.81. The molecule has 2 amide bonds. The highest BCUT2D eigenvalue weighted by Gasteiger charge is 2.25. The summed E-state index contributed by atoms with van der Waals surface area (Å²) in [5.41, 5.74) is 1.68. The molecule has 6 heteroatoms. The Morgan fingerprint density at radius 2 is 2.11 bits per heavy atom. The number of carbonyl (C=O) groups excluding carboxylic acids is 2. The van der Waals surface area contributed by atoms with Gasteiger partial charge in [-0.05, 0) is 18.1 Å². The second kappa shape index (κ2) is 5.61. The van der Waals surface area contributed by atoms with E-state index in [0.29, 0.717) is 13.0 Å². The molecule has 18 heavy (non-hydrogen) atoms. The highest BCUT2D eigenvalue weighted by atomic mass is 16.6. The topological polar surface area (TPSA) is 84.7 Å². The summed E-state index contributed by atoms with van der Waals surface area (Å²) < 4.78 is 0. The summed E-state index contributed by atoms with van der Waals surface area (Å²) in [5, 5.41) is 2.52. The number of carbonyl (C=O) groups is 2. The minimum absolute atomic E-state index is 0.0422. The zero-order valence-electron chi connectivity index (χ0n) is 9.89. The highest BCUT2D eigenvalue weighted by Crippen LogP contribution is 2.21. The first-order valence-electron chi connectivity index (χ1n) is 5.69. The Bertz CT molecular complexity index is 462. The molecule has 0 aliphatic carbocycles. The van der Waals surface area contributed by atoms with E-state index in [-0.39, 0.29) is 24.9 Å². The molecule has 0 unspecified atom stereocenters. The summed E-state index contributed by atoms with van der Waals surface area (Å²) in [7, 11) is 0. The van der Waals surface area contributed by atoms with Crippen molar-refractivity contribution in [3.63, 3.8) is 0 Å². The first-order valence-corrected chi connectivity index (χ1v) is 5.69. The molecule has 1 saturated heterocycles. The van der Waals surface area contributed by atoms with Crippen LogP contribution in [-0.2, 0) is 20.8 Å². The molecule has 1 aromatic carbocycles. The van der Waals surface area contributed by atoms with Crippen LogP contribution in [0.25, 0.3) is 0 Å². The number of rotatable bonds is 4. The third kappa shape index (κ3) is 2.66. The van der Waals surface area contributed by atoms with Crippen LogP contribution in [0.3, 0.4) is 0 Å². The van der Waals surface area contributed by atoms with Crippen molar-refractivity contribution in [1.82, 2.24) is 5.32 Å². The van der Waals surface area contributed by atoms with Gasteiger partial charge in [0.2, 0.25) is 11.8 Å². The van der Waals surface area contributed by atoms with Crippen molar-refractivity contribution in [2.24, 2.45) is 5.90 Å². The van der Waals surface area contributed by atoms with E-state index in [4.69, 9.17) is 5.90 Å². The number of nitrogens with two attached hydrogens (primary N) is 1. The Hall–Kier alpha value is -1.92. The predicted molar refractivity (Wildman–Crippen MR) is 65.6 cm³/mol. The Labute approximate surface area is 105 Å². The fourth-order valence-corrected chi connectivity index (χ4v) is 1.93. The number of anilines is 1. The van der Waals surface area contributed by atoms with Crippen LogP contribution in [-0.4, -0.2) is 31.5 Å². The molecule has 1 heterocycles. The lowest BCUT2D eigenvalue weighted by Crippen LogP contribution is -2.52. The van der Waals surface area contributed by atoms with E-state index in [9.17, 15) is 9.59 Å². The Morgan fingerprint density at radius 3 is 2.89 bits per heavy atom. The van der Waals surface area contributed by atoms with Crippen molar-refractivity contribution in [3.05, 3.63) is 29.8 Å². The number of nitrogens with one attached hydrogen (secondary N) is 1. The summed E-state index contributed by atoms with van der Waals surface area (Å²) in [6.07, 6.45) is 0.595. The number of amides is 2. The van der Waals surface area contributed by atoms with Gasteiger partial charge in [0.25, 0.3) is 0 Å². The van der Waals surface area contributed by atoms with Gasteiger partial charge in [-0.1, -0.05) is 18.2 Å². The average Bonchev–Trinajstić information content (AvgIpc) is 2.39. The van der Waals surface area contributed by atoms with E-state index in [2.05, 4.69) is 10.2 Å². The maximum atomic E-state index is 11.8. The summed E-state index contributed by atoms with van der Waals surface area (Å²) in [6.45, 7) is 0.463. The molecular weight excluding hydrogens is 234 g/mol. The van der Waals surface area contributed by atoms with Gasteiger partial charge < -0.3 is 15.1 Å². The summed E-state index contributed by atoms with van der Waals surface area (Å²) in [6, 6.07) is 7.43. The Kier molecular flexibility index (Phi) is 3.91. The van der Waals surface area contributed by atoms with Crippen LogP contribution in [0.5, 0.6) is 0 Å². The van der Waals surface area contributed by atoms with E-state index in [0.717, 1.165) is 11.3 Å². The number of nitrogens with zero attached hydrogens (tertiary/aromatic N) is 1. The minimum atomic E-state index is -0.153. The van der Waals surface area contributed by atoms with Crippen molar-refractivity contribution in [2.75, 3.05) is 24.6 Å². The number of piperazine rings is 1. The fraction of sp³-hybridized carbons (Fsp3) is 0.333. The van der Waals surface area contributed by atoms with Crippen LogP contribution in [0.15, 0.2) is 24.3 Å². The van der Waals surface area contributed by atoms with E-state index in [1.54, 1.807) is 0 Å². The van der Waals surface area contributed by atoms with Crippen LogP contribution >= 0.6 is 0 Å². The van der Waals surface area contributed by atoms with Crippen molar-refractivity contribution in [1.29, 1.82) is 0 Å². The van der Waals surface area contributed by atoms with Gasteiger partial charge in [0, 0.05) is 5.69 Å². The lowest BCUT2D eigenvalue weighted by molar-refractivity contribution is -0.128. The minimum Gasteiger partial charge on any atom is -0.345 e. The molecule has 0 spiro atoms. The molecule has 2 rings (SSSR count). The average molecular weight is 249 g/mol. The van der Waals surface area contributed by atoms with Gasteiger partial charge in [0.15, 0.2) is 0 Å². The second-order valence-corrected chi connectivity index (χ2v) is 4.01. The molecule has 1 aromatic rings.